The van der Waals surface area contributed by atoms with E-state index in [0.29, 0.717) is 16.6 Å². The van der Waals surface area contributed by atoms with Gasteiger partial charge in [0.2, 0.25) is 0 Å². The number of thiophene rings is 1. The SMILES string of the molecule is CCCNCc1cc(S(=O)(=O)Nc2ncc(C)s2)c(C)s1. The molecule has 0 aromatic carbocycles. The average Bonchev–Trinajstić information content (AvgIpc) is 2.96. The van der Waals surface area contributed by atoms with Crippen LogP contribution in [0.15, 0.2) is 17.2 Å². The molecule has 8 heteroatoms. The maximum atomic E-state index is 12.4. The number of nitrogens with zero attached hydrogens (tertiary/aromatic N) is 1. The predicted molar refractivity (Wildman–Crippen MR) is 88.7 cm³/mol. The zero-order valence-electron chi connectivity index (χ0n) is 12.3. The van der Waals surface area contributed by atoms with Crippen molar-refractivity contribution < 1.29 is 8.42 Å². The summed E-state index contributed by atoms with van der Waals surface area (Å²) in [5.74, 6) is 0. The number of rotatable bonds is 7. The Bertz CT molecular complexity index is 704. The molecule has 2 aromatic rings. The first-order chi connectivity index (χ1) is 9.92. The number of sulfonamides is 1. The number of anilines is 1. The highest BCUT2D eigenvalue weighted by molar-refractivity contribution is 7.93. The summed E-state index contributed by atoms with van der Waals surface area (Å²) in [5, 5.41) is 3.69. The van der Waals surface area contributed by atoms with E-state index >= 15 is 0 Å². The Hall–Kier alpha value is -0.960. The second-order valence-corrected chi connectivity index (χ2v) is 8.92. The van der Waals surface area contributed by atoms with Crippen LogP contribution < -0.4 is 10.0 Å². The van der Waals surface area contributed by atoms with Gasteiger partial charge in [0.05, 0.1) is 0 Å². The van der Waals surface area contributed by atoms with E-state index in [-0.39, 0.29) is 0 Å². The third-order valence-electron chi connectivity index (χ3n) is 2.78. The van der Waals surface area contributed by atoms with E-state index in [1.165, 1.54) is 22.7 Å². The molecule has 0 amide bonds. The van der Waals surface area contributed by atoms with Crippen LogP contribution in [0.1, 0.15) is 28.0 Å². The molecule has 5 nitrogen and oxygen atoms in total. The van der Waals surface area contributed by atoms with E-state index in [2.05, 4.69) is 21.9 Å². The van der Waals surface area contributed by atoms with Crippen molar-refractivity contribution in [2.24, 2.45) is 0 Å². The van der Waals surface area contributed by atoms with Crippen LogP contribution in [-0.4, -0.2) is 19.9 Å². The summed E-state index contributed by atoms with van der Waals surface area (Å²) in [5.41, 5.74) is 0. The predicted octanol–water partition coefficient (Wildman–Crippen LogP) is 3.12. The molecular weight excluding hydrogens is 326 g/mol. The standard InChI is InChI=1S/C13H19N3O2S3/c1-4-5-14-8-11-6-12(10(3)20-11)21(17,18)16-13-15-7-9(2)19-13/h6-7,14H,4-5,8H2,1-3H3,(H,15,16). The molecule has 0 spiro atoms. The number of nitrogens with one attached hydrogen (secondary N) is 2. The smallest absolute Gasteiger partial charge is 0.264 e. The fraction of sp³-hybridized carbons (Fsp3) is 0.462. The van der Waals surface area contributed by atoms with E-state index < -0.39 is 10.0 Å². The fourth-order valence-corrected chi connectivity index (χ4v) is 5.35. The Morgan fingerprint density at radius 2 is 2.05 bits per heavy atom. The van der Waals surface area contributed by atoms with E-state index in [9.17, 15) is 8.42 Å². The minimum absolute atomic E-state index is 0.341. The minimum atomic E-state index is -3.56. The Morgan fingerprint density at radius 1 is 1.29 bits per heavy atom. The molecule has 0 atom stereocenters. The van der Waals surface area contributed by atoms with Crippen LogP contribution in [0.2, 0.25) is 0 Å². The average molecular weight is 346 g/mol. The van der Waals surface area contributed by atoms with Crippen molar-refractivity contribution in [3.63, 3.8) is 0 Å². The lowest BCUT2D eigenvalue weighted by molar-refractivity contribution is 0.601. The summed E-state index contributed by atoms with van der Waals surface area (Å²) in [6, 6.07) is 1.74. The largest absolute Gasteiger partial charge is 0.312 e. The molecule has 2 heterocycles. The molecule has 21 heavy (non-hydrogen) atoms. The molecule has 0 saturated carbocycles. The van der Waals surface area contributed by atoms with Gasteiger partial charge < -0.3 is 5.32 Å². The van der Waals surface area contributed by atoms with Crippen LogP contribution in [0.25, 0.3) is 0 Å². The van der Waals surface area contributed by atoms with E-state index in [1.54, 1.807) is 12.3 Å². The van der Waals surface area contributed by atoms with Gasteiger partial charge in [-0.05, 0) is 32.9 Å². The molecule has 0 aliphatic heterocycles. The first kappa shape index (κ1) is 16.4. The highest BCUT2D eigenvalue weighted by atomic mass is 32.2. The third-order valence-corrected chi connectivity index (χ3v) is 6.38. The molecule has 0 aliphatic carbocycles. The van der Waals surface area contributed by atoms with Crippen molar-refractivity contribution in [1.29, 1.82) is 0 Å². The topological polar surface area (TPSA) is 71.1 Å². The Labute approximate surface area is 133 Å². The second-order valence-electron chi connectivity index (χ2n) is 4.69. The van der Waals surface area contributed by atoms with Gasteiger partial charge in [0.15, 0.2) is 5.13 Å². The summed E-state index contributed by atoms with van der Waals surface area (Å²) in [6.07, 6.45) is 2.71. The number of hydrogen-bond donors (Lipinski definition) is 2. The quantitative estimate of drug-likeness (QED) is 0.756. The van der Waals surface area contributed by atoms with Crippen molar-refractivity contribution in [3.8, 4) is 0 Å². The molecule has 0 bridgehead atoms. The van der Waals surface area contributed by atoms with E-state index in [1.807, 2.05) is 13.8 Å². The molecule has 0 radical (unpaired) electrons. The van der Waals surface area contributed by atoms with Gasteiger partial charge in [-0.3, -0.25) is 4.72 Å². The second kappa shape index (κ2) is 6.87. The van der Waals surface area contributed by atoms with Gasteiger partial charge in [-0.25, -0.2) is 13.4 Å². The molecule has 0 unspecified atom stereocenters. The van der Waals surface area contributed by atoms with Gasteiger partial charge in [-0.1, -0.05) is 6.92 Å². The van der Waals surface area contributed by atoms with Crippen molar-refractivity contribution in [2.45, 2.75) is 38.6 Å². The molecule has 2 aromatic heterocycles. The lowest BCUT2D eigenvalue weighted by atomic mass is 10.4. The van der Waals surface area contributed by atoms with Gasteiger partial charge in [0, 0.05) is 27.4 Å². The Balaban J connectivity index is 2.16. The van der Waals surface area contributed by atoms with Crippen LogP contribution in [0, 0.1) is 13.8 Å². The number of aromatic nitrogens is 1. The van der Waals surface area contributed by atoms with Crippen LogP contribution in [0.5, 0.6) is 0 Å². The summed E-state index contributed by atoms with van der Waals surface area (Å²) >= 11 is 2.84. The van der Waals surface area contributed by atoms with Gasteiger partial charge in [-0.2, -0.15) is 0 Å². The fourth-order valence-electron chi connectivity index (χ4n) is 1.84. The van der Waals surface area contributed by atoms with Crippen molar-refractivity contribution in [3.05, 3.63) is 26.9 Å². The summed E-state index contributed by atoms with van der Waals surface area (Å²) in [6.45, 7) is 7.45. The molecule has 2 rings (SSSR count). The Kier molecular flexibility index (Phi) is 5.37. The highest BCUT2D eigenvalue weighted by Gasteiger charge is 2.21. The summed E-state index contributed by atoms with van der Waals surface area (Å²) in [4.78, 5) is 7.18. The van der Waals surface area contributed by atoms with E-state index in [0.717, 1.165) is 27.6 Å². The first-order valence-electron chi connectivity index (χ1n) is 6.67. The van der Waals surface area contributed by atoms with Crippen molar-refractivity contribution in [1.82, 2.24) is 10.3 Å². The van der Waals surface area contributed by atoms with Crippen LogP contribution in [0.4, 0.5) is 5.13 Å². The zero-order chi connectivity index (χ0) is 15.5. The van der Waals surface area contributed by atoms with E-state index in [4.69, 9.17) is 0 Å². The minimum Gasteiger partial charge on any atom is -0.312 e. The summed E-state index contributed by atoms with van der Waals surface area (Å²) < 4.78 is 27.4. The highest BCUT2D eigenvalue weighted by Crippen LogP contribution is 2.28. The zero-order valence-corrected chi connectivity index (χ0v) is 14.7. The van der Waals surface area contributed by atoms with Gasteiger partial charge in [0.25, 0.3) is 10.0 Å². The van der Waals surface area contributed by atoms with Gasteiger partial charge >= 0.3 is 0 Å². The van der Waals surface area contributed by atoms with Gasteiger partial charge in [0.1, 0.15) is 4.90 Å². The normalized spacial score (nSPS) is 11.8. The van der Waals surface area contributed by atoms with Crippen molar-refractivity contribution in [2.75, 3.05) is 11.3 Å². The molecule has 0 aliphatic rings. The number of thiazole rings is 1. The molecule has 0 fully saturated rings. The number of aryl methyl sites for hydroxylation is 2. The molecule has 0 saturated heterocycles. The lowest BCUT2D eigenvalue weighted by Crippen LogP contribution is -2.14. The maximum Gasteiger partial charge on any atom is 0.264 e. The van der Waals surface area contributed by atoms with Crippen LogP contribution in [-0.2, 0) is 16.6 Å². The monoisotopic (exact) mass is 345 g/mol. The molecule has 116 valence electrons. The molecule has 2 N–H and O–H groups in total. The molecular formula is C13H19N3O2S3. The maximum absolute atomic E-state index is 12.4. The summed E-state index contributed by atoms with van der Waals surface area (Å²) in [7, 11) is -3.56. The van der Waals surface area contributed by atoms with Gasteiger partial charge in [-0.15, -0.1) is 22.7 Å². The first-order valence-corrected chi connectivity index (χ1v) is 9.79. The van der Waals surface area contributed by atoms with Crippen LogP contribution in [0.3, 0.4) is 0 Å². The lowest BCUT2D eigenvalue weighted by Gasteiger charge is -2.03. The van der Waals surface area contributed by atoms with Crippen LogP contribution >= 0.6 is 22.7 Å². The number of hydrogen-bond acceptors (Lipinski definition) is 6. The Morgan fingerprint density at radius 3 is 2.67 bits per heavy atom. The third kappa shape index (κ3) is 4.26. The van der Waals surface area contributed by atoms with Crippen molar-refractivity contribution >= 4 is 37.8 Å².